The highest BCUT2D eigenvalue weighted by atomic mass is 19.2. The smallest absolute Gasteiger partial charge is 0.253 e. The van der Waals surface area contributed by atoms with Crippen LogP contribution in [0.15, 0.2) is 6.07 Å². The van der Waals surface area contributed by atoms with E-state index < -0.39 is 23.5 Å². The van der Waals surface area contributed by atoms with Gasteiger partial charge in [0.1, 0.15) is 6.61 Å². The summed E-state index contributed by atoms with van der Waals surface area (Å²) in [6.45, 7) is 0.228. The summed E-state index contributed by atoms with van der Waals surface area (Å²) in [5.41, 5.74) is 0. The molecule has 1 aromatic rings. The summed E-state index contributed by atoms with van der Waals surface area (Å²) in [5, 5.41) is 0. The van der Waals surface area contributed by atoms with E-state index in [1.807, 2.05) is 0 Å². The van der Waals surface area contributed by atoms with Gasteiger partial charge in [0.15, 0.2) is 11.6 Å². The number of rotatable bonds is 4. The lowest BCUT2D eigenvalue weighted by molar-refractivity contribution is 0.139. The van der Waals surface area contributed by atoms with E-state index in [9.17, 15) is 13.2 Å². The lowest BCUT2D eigenvalue weighted by atomic mass is 10.4. The van der Waals surface area contributed by atoms with Crippen LogP contribution >= 0.6 is 0 Å². The standard InChI is InChI=1S/C8H8F3NO2/c1-13-2-3-14-8-6(10)4-5(9)7(11)12-8/h4H,2-3H2,1H3. The molecule has 0 N–H and O–H groups in total. The van der Waals surface area contributed by atoms with Crippen LogP contribution in [-0.4, -0.2) is 25.3 Å². The van der Waals surface area contributed by atoms with Gasteiger partial charge in [0.25, 0.3) is 11.8 Å². The number of hydrogen-bond donors (Lipinski definition) is 0. The van der Waals surface area contributed by atoms with Crippen LogP contribution in [0, 0.1) is 17.6 Å². The highest BCUT2D eigenvalue weighted by Crippen LogP contribution is 2.16. The van der Waals surface area contributed by atoms with Crippen molar-refractivity contribution in [2.45, 2.75) is 0 Å². The van der Waals surface area contributed by atoms with Crippen LogP contribution in [0.25, 0.3) is 0 Å². The van der Waals surface area contributed by atoms with Crippen molar-refractivity contribution < 1.29 is 22.6 Å². The molecule has 14 heavy (non-hydrogen) atoms. The number of nitrogens with zero attached hydrogens (tertiary/aromatic N) is 1. The number of halogens is 3. The molecule has 0 bridgehead atoms. The summed E-state index contributed by atoms with van der Waals surface area (Å²) >= 11 is 0. The van der Waals surface area contributed by atoms with Gasteiger partial charge in [-0.1, -0.05) is 0 Å². The van der Waals surface area contributed by atoms with Gasteiger partial charge in [0.2, 0.25) is 0 Å². The zero-order chi connectivity index (χ0) is 10.6. The van der Waals surface area contributed by atoms with Crippen LogP contribution in [0.1, 0.15) is 0 Å². The van der Waals surface area contributed by atoms with E-state index in [0.29, 0.717) is 6.07 Å². The van der Waals surface area contributed by atoms with Crippen LogP contribution in [0.4, 0.5) is 13.2 Å². The Morgan fingerprint density at radius 3 is 2.57 bits per heavy atom. The monoisotopic (exact) mass is 207 g/mol. The molecule has 6 heteroatoms. The van der Waals surface area contributed by atoms with Gasteiger partial charge in [-0.25, -0.2) is 8.78 Å². The van der Waals surface area contributed by atoms with E-state index in [1.54, 1.807) is 0 Å². The summed E-state index contributed by atoms with van der Waals surface area (Å²) in [4.78, 5) is 2.95. The lowest BCUT2D eigenvalue weighted by Crippen LogP contribution is -2.08. The van der Waals surface area contributed by atoms with Gasteiger partial charge in [0.05, 0.1) is 6.61 Å². The molecule has 0 unspecified atom stereocenters. The van der Waals surface area contributed by atoms with Crippen molar-refractivity contribution in [1.29, 1.82) is 0 Å². The predicted octanol–water partition coefficient (Wildman–Crippen LogP) is 1.52. The molecule has 0 aliphatic heterocycles. The van der Waals surface area contributed by atoms with E-state index in [4.69, 9.17) is 4.74 Å². The van der Waals surface area contributed by atoms with Crippen LogP contribution < -0.4 is 4.74 Å². The fourth-order valence-electron chi connectivity index (χ4n) is 0.751. The SMILES string of the molecule is COCCOc1nc(F)c(F)cc1F. The number of aromatic nitrogens is 1. The van der Waals surface area contributed by atoms with E-state index in [0.717, 1.165) is 0 Å². The number of pyridine rings is 1. The molecule has 0 radical (unpaired) electrons. The van der Waals surface area contributed by atoms with E-state index in [1.165, 1.54) is 7.11 Å². The van der Waals surface area contributed by atoms with Gasteiger partial charge in [-0.2, -0.15) is 9.37 Å². The van der Waals surface area contributed by atoms with Gasteiger partial charge in [0, 0.05) is 13.2 Å². The van der Waals surface area contributed by atoms with Gasteiger partial charge < -0.3 is 9.47 Å². The molecule has 0 aliphatic carbocycles. The molecule has 0 aromatic carbocycles. The molecule has 0 saturated heterocycles. The summed E-state index contributed by atoms with van der Waals surface area (Å²) in [7, 11) is 1.43. The first-order chi connectivity index (χ1) is 6.65. The second kappa shape index (κ2) is 4.80. The molecular formula is C8H8F3NO2. The molecular weight excluding hydrogens is 199 g/mol. The summed E-state index contributed by atoms with van der Waals surface area (Å²) in [5.74, 6) is -4.35. The molecule has 0 aliphatic rings. The second-order valence-electron chi connectivity index (χ2n) is 2.39. The summed E-state index contributed by atoms with van der Waals surface area (Å²) < 4.78 is 47.0. The maximum Gasteiger partial charge on any atom is 0.253 e. The number of hydrogen-bond acceptors (Lipinski definition) is 3. The highest BCUT2D eigenvalue weighted by Gasteiger charge is 2.12. The van der Waals surface area contributed by atoms with Crippen LogP contribution in [-0.2, 0) is 4.74 Å². The number of methoxy groups -OCH3 is 1. The Kier molecular flexibility index (Phi) is 3.70. The average Bonchev–Trinajstić information content (AvgIpc) is 2.14. The zero-order valence-electron chi connectivity index (χ0n) is 7.39. The van der Waals surface area contributed by atoms with Crippen molar-refractivity contribution in [3.05, 3.63) is 23.6 Å². The van der Waals surface area contributed by atoms with Crippen molar-refractivity contribution in [1.82, 2.24) is 4.98 Å². The fourth-order valence-corrected chi connectivity index (χ4v) is 0.751. The molecule has 78 valence electrons. The minimum absolute atomic E-state index is 0.0193. The largest absolute Gasteiger partial charge is 0.473 e. The third-order valence-corrected chi connectivity index (χ3v) is 1.38. The quantitative estimate of drug-likeness (QED) is 0.554. The van der Waals surface area contributed by atoms with Crippen LogP contribution in [0.2, 0.25) is 0 Å². The molecule has 1 rings (SSSR count). The van der Waals surface area contributed by atoms with Gasteiger partial charge in [-0.15, -0.1) is 0 Å². The minimum Gasteiger partial charge on any atom is -0.473 e. The predicted molar refractivity (Wildman–Crippen MR) is 41.5 cm³/mol. The maximum absolute atomic E-state index is 12.8. The van der Waals surface area contributed by atoms with Crippen molar-refractivity contribution in [3.8, 4) is 5.88 Å². The van der Waals surface area contributed by atoms with Crippen molar-refractivity contribution >= 4 is 0 Å². The molecule has 0 spiro atoms. The van der Waals surface area contributed by atoms with Crippen LogP contribution in [0.5, 0.6) is 5.88 Å². The summed E-state index contributed by atoms with van der Waals surface area (Å²) in [6.07, 6.45) is 0. The van der Waals surface area contributed by atoms with E-state index in [-0.39, 0.29) is 13.2 Å². The van der Waals surface area contributed by atoms with E-state index in [2.05, 4.69) is 9.72 Å². The Morgan fingerprint density at radius 1 is 1.21 bits per heavy atom. The molecule has 0 fully saturated rings. The molecule has 0 atom stereocenters. The highest BCUT2D eigenvalue weighted by molar-refractivity contribution is 5.14. The first-order valence-corrected chi connectivity index (χ1v) is 3.78. The van der Waals surface area contributed by atoms with Crippen molar-refractivity contribution in [2.24, 2.45) is 0 Å². The molecule has 1 heterocycles. The van der Waals surface area contributed by atoms with Crippen LogP contribution in [0.3, 0.4) is 0 Å². The fraction of sp³-hybridized carbons (Fsp3) is 0.375. The zero-order valence-corrected chi connectivity index (χ0v) is 7.39. The van der Waals surface area contributed by atoms with Crippen molar-refractivity contribution in [3.63, 3.8) is 0 Å². The second-order valence-corrected chi connectivity index (χ2v) is 2.39. The molecule has 0 amide bonds. The molecule has 0 saturated carbocycles. The Morgan fingerprint density at radius 2 is 1.93 bits per heavy atom. The third kappa shape index (κ3) is 2.59. The average molecular weight is 207 g/mol. The van der Waals surface area contributed by atoms with E-state index >= 15 is 0 Å². The Bertz CT molecular complexity index is 320. The minimum atomic E-state index is -1.39. The Hall–Kier alpha value is -1.30. The maximum atomic E-state index is 12.8. The normalized spacial score (nSPS) is 10.3. The van der Waals surface area contributed by atoms with Gasteiger partial charge >= 0.3 is 0 Å². The first-order valence-electron chi connectivity index (χ1n) is 3.78. The Balaban J connectivity index is 2.72. The topological polar surface area (TPSA) is 31.4 Å². The molecule has 3 nitrogen and oxygen atoms in total. The van der Waals surface area contributed by atoms with Crippen molar-refractivity contribution in [2.75, 3.05) is 20.3 Å². The van der Waals surface area contributed by atoms with Gasteiger partial charge in [-0.05, 0) is 0 Å². The number of ether oxygens (including phenoxy) is 2. The first kappa shape index (κ1) is 10.8. The summed E-state index contributed by atoms with van der Waals surface area (Å²) in [6, 6.07) is 0.379. The molecule has 1 aromatic heterocycles. The Labute approximate surface area is 78.5 Å². The third-order valence-electron chi connectivity index (χ3n) is 1.38. The lowest BCUT2D eigenvalue weighted by Gasteiger charge is -2.05. The van der Waals surface area contributed by atoms with Gasteiger partial charge in [-0.3, -0.25) is 0 Å².